The zero-order chi connectivity index (χ0) is 8.97. The molecule has 0 bridgehead atoms. The summed E-state index contributed by atoms with van der Waals surface area (Å²) < 4.78 is 0. The molecular formula is C9H12N2O. The number of benzene rings is 1. The van der Waals surface area contributed by atoms with Crippen molar-refractivity contribution in [3.05, 3.63) is 29.8 Å². The van der Waals surface area contributed by atoms with Crippen LogP contribution in [0.5, 0.6) is 0 Å². The molecule has 0 aliphatic carbocycles. The third kappa shape index (κ3) is 1.99. The third-order valence-corrected chi connectivity index (χ3v) is 1.67. The highest BCUT2D eigenvalue weighted by molar-refractivity contribution is 5.54. The predicted molar refractivity (Wildman–Crippen MR) is 48.8 cm³/mol. The van der Waals surface area contributed by atoms with Crippen molar-refractivity contribution in [3.63, 3.8) is 0 Å². The predicted octanol–water partition coefficient (Wildman–Crippen LogP) is 1.09. The molecule has 0 saturated heterocycles. The van der Waals surface area contributed by atoms with Gasteiger partial charge in [-0.15, -0.1) is 0 Å². The summed E-state index contributed by atoms with van der Waals surface area (Å²) in [7, 11) is 1.79. The molecule has 1 amide bonds. The van der Waals surface area contributed by atoms with Gasteiger partial charge in [-0.05, 0) is 19.1 Å². The molecular weight excluding hydrogens is 152 g/mol. The van der Waals surface area contributed by atoms with Crippen molar-refractivity contribution in [2.24, 2.45) is 0 Å². The molecule has 3 nitrogen and oxygen atoms in total. The van der Waals surface area contributed by atoms with Gasteiger partial charge >= 0.3 is 0 Å². The van der Waals surface area contributed by atoms with E-state index in [1.807, 2.05) is 31.2 Å². The number of hydrazine groups is 1. The zero-order valence-corrected chi connectivity index (χ0v) is 7.24. The number of aryl methyl sites for hydroxylation is 1. The average Bonchev–Trinajstić information content (AvgIpc) is 2.06. The number of rotatable bonds is 3. The third-order valence-electron chi connectivity index (χ3n) is 1.67. The number of hydrogen-bond donors (Lipinski definition) is 1. The smallest absolute Gasteiger partial charge is 0.225 e. The Bertz CT molecular complexity index is 256. The lowest BCUT2D eigenvalue weighted by Gasteiger charge is -2.16. The fourth-order valence-corrected chi connectivity index (χ4v) is 0.922. The standard InChI is InChI=1S/C9H12N2O/c1-8-3-5-9(6-4-8)11(2)10-7-12/h3-7H,1-2H3,(H,10,12). The zero-order valence-electron chi connectivity index (χ0n) is 7.24. The van der Waals surface area contributed by atoms with Gasteiger partial charge in [-0.1, -0.05) is 17.7 Å². The summed E-state index contributed by atoms with van der Waals surface area (Å²) in [6.45, 7) is 2.02. The van der Waals surface area contributed by atoms with Crippen molar-refractivity contribution >= 4 is 12.1 Å². The minimum absolute atomic E-state index is 0.653. The molecule has 1 rings (SSSR count). The normalized spacial score (nSPS) is 9.17. The molecule has 0 spiro atoms. The number of amides is 1. The van der Waals surface area contributed by atoms with Crippen molar-refractivity contribution in [1.82, 2.24) is 5.43 Å². The summed E-state index contributed by atoms with van der Waals surface area (Å²) >= 11 is 0. The van der Waals surface area contributed by atoms with E-state index in [9.17, 15) is 4.79 Å². The summed E-state index contributed by atoms with van der Waals surface area (Å²) in [6, 6.07) is 7.90. The van der Waals surface area contributed by atoms with Crippen LogP contribution in [0.3, 0.4) is 0 Å². The van der Waals surface area contributed by atoms with Gasteiger partial charge in [-0.25, -0.2) is 0 Å². The van der Waals surface area contributed by atoms with Gasteiger partial charge in [-0.2, -0.15) is 0 Å². The number of nitrogens with zero attached hydrogens (tertiary/aromatic N) is 1. The van der Waals surface area contributed by atoms with Crippen LogP contribution in [-0.4, -0.2) is 13.5 Å². The van der Waals surface area contributed by atoms with Gasteiger partial charge in [-0.3, -0.25) is 15.2 Å². The Morgan fingerprint density at radius 3 is 2.42 bits per heavy atom. The van der Waals surface area contributed by atoms with E-state index in [-0.39, 0.29) is 0 Å². The molecule has 0 aromatic heterocycles. The van der Waals surface area contributed by atoms with Crippen LogP contribution in [0.1, 0.15) is 5.56 Å². The van der Waals surface area contributed by atoms with Crippen LogP contribution in [0, 0.1) is 6.92 Å². The summed E-state index contributed by atoms with van der Waals surface area (Å²) in [5.41, 5.74) is 4.71. The summed E-state index contributed by atoms with van der Waals surface area (Å²) in [5, 5.41) is 1.66. The fraction of sp³-hybridized carbons (Fsp3) is 0.222. The van der Waals surface area contributed by atoms with Crippen LogP contribution in [0.15, 0.2) is 24.3 Å². The Morgan fingerprint density at radius 2 is 1.92 bits per heavy atom. The number of anilines is 1. The van der Waals surface area contributed by atoms with E-state index >= 15 is 0 Å². The molecule has 1 aromatic rings. The molecule has 0 atom stereocenters. The van der Waals surface area contributed by atoms with Crippen LogP contribution in [0.25, 0.3) is 0 Å². The fourth-order valence-electron chi connectivity index (χ4n) is 0.922. The van der Waals surface area contributed by atoms with Crippen molar-refractivity contribution in [1.29, 1.82) is 0 Å². The first-order chi connectivity index (χ1) is 5.74. The monoisotopic (exact) mass is 164 g/mol. The van der Waals surface area contributed by atoms with Gasteiger partial charge in [0.15, 0.2) is 0 Å². The van der Waals surface area contributed by atoms with E-state index in [4.69, 9.17) is 0 Å². The molecule has 0 radical (unpaired) electrons. The molecule has 1 aromatic carbocycles. The quantitative estimate of drug-likeness (QED) is 0.535. The van der Waals surface area contributed by atoms with Gasteiger partial charge in [0.25, 0.3) is 0 Å². The first-order valence-corrected chi connectivity index (χ1v) is 3.74. The molecule has 3 heteroatoms. The second-order valence-corrected chi connectivity index (χ2v) is 2.64. The van der Waals surface area contributed by atoms with Crippen LogP contribution < -0.4 is 10.4 Å². The highest BCUT2D eigenvalue weighted by atomic mass is 16.1. The minimum atomic E-state index is 0.653. The lowest BCUT2D eigenvalue weighted by atomic mass is 10.2. The maximum Gasteiger partial charge on any atom is 0.225 e. The molecule has 64 valence electrons. The molecule has 0 saturated carbocycles. The topological polar surface area (TPSA) is 32.3 Å². The molecule has 0 aliphatic heterocycles. The van der Waals surface area contributed by atoms with Crippen molar-refractivity contribution in [2.45, 2.75) is 6.92 Å². The summed E-state index contributed by atoms with van der Waals surface area (Å²) in [6.07, 6.45) is 0.653. The Labute approximate surface area is 72.0 Å². The summed E-state index contributed by atoms with van der Waals surface area (Å²) in [5.74, 6) is 0. The number of carbonyl (C=O) groups is 1. The lowest BCUT2D eigenvalue weighted by Crippen LogP contribution is -2.32. The van der Waals surface area contributed by atoms with Gasteiger partial charge in [0.2, 0.25) is 6.41 Å². The van der Waals surface area contributed by atoms with Crippen molar-refractivity contribution in [3.8, 4) is 0 Å². The van der Waals surface area contributed by atoms with Crippen LogP contribution in [0.4, 0.5) is 5.69 Å². The van der Waals surface area contributed by atoms with E-state index in [1.165, 1.54) is 5.56 Å². The molecule has 0 aliphatic rings. The second-order valence-electron chi connectivity index (χ2n) is 2.64. The van der Waals surface area contributed by atoms with Crippen LogP contribution >= 0.6 is 0 Å². The maximum absolute atomic E-state index is 10.1. The van der Waals surface area contributed by atoms with Gasteiger partial charge in [0, 0.05) is 7.05 Å². The van der Waals surface area contributed by atoms with Gasteiger partial charge in [0.05, 0.1) is 5.69 Å². The average molecular weight is 164 g/mol. The minimum Gasteiger partial charge on any atom is -0.289 e. The van der Waals surface area contributed by atoms with E-state index in [2.05, 4.69) is 5.43 Å². The molecule has 0 heterocycles. The first kappa shape index (κ1) is 8.59. The van der Waals surface area contributed by atoms with E-state index in [0.717, 1.165) is 5.69 Å². The molecule has 0 fully saturated rings. The highest BCUT2D eigenvalue weighted by Gasteiger charge is 1.96. The van der Waals surface area contributed by atoms with Crippen molar-refractivity contribution in [2.75, 3.05) is 12.1 Å². The van der Waals surface area contributed by atoms with E-state index in [0.29, 0.717) is 6.41 Å². The Balaban J connectivity index is 2.74. The summed E-state index contributed by atoms with van der Waals surface area (Å²) in [4.78, 5) is 10.1. The van der Waals surface area contributed by atoms with E-state index < -0.39 is 0 Å². The first-order valence-electron chi connectivity index (χ1n) is 3.74. The number of hydrogen-bond acceptors (Lipinski definition) is 2. The van der Waals surface area contributed by atoms with Crippen LogP contribution in [-0.2, 0) is 4.79 Å². The Morgan fingerprint density at radius 1 is 1.33 bits per heavy atom. The number of carbonyl (C=O) groups excluding carboxylic acids is 1. The van der Waals surface area contributed by atoms with Crippen molar-refractivity contribution < 1.29 is 4.79 Å². The number of nitrogens with one attached hydrogen (secondary N) is 1. The molecule has 1 N–H and O–H groups in total. The maximum atomic E-state index is 10.1. The van der Waals surface area contributed by atoms with E-state index in [1.54, 1.807) is 12.1 Å². The van der Waals surface area contributed by atoms with Gasteiger partial charge in [0.1, 0.15) is 0 Å². The Kier molecular flexibility index (Phi) is 2.69. The second kappa shape index (κ2) is 3.76. The van der Waals surface area contributed by atoms with Crippen LogP contribution in [0.2, 0.25) is 0 Å². The molecule has 0 unspecified atom stereocenters. The molecule has 12 heavy (non-hydrogen) atoms. The Hall–Kier alpha value is -1.51. The lowest BCUT2D eigenvalue weighted by molar-refractivity contribution is -0.109. The van der Waals surface area contributed by atoms with Gasteiger partial charge < -0.3 is 0 Å². The SMILES string of the molecule is Cc1ccc(N(C)NC=O)cc1. The highest BCUT2D eigenvalue weighted by Crippen LogP contribution is 2.10. The largest absolute Gasteiger partial charge is 0.289 e.